The van der Waals surface area contributed by atoms with Crippen molar-refractivity contribution >= 4 is 11.6 Å². The van der Waals surface area contributed by atoms with Crippen LogP contribution < -0.4 is 24.3 Å². The Hall–Kier alpha value is -4.22. The zero-order valence-corrected chi connectivity index (χ0v) is 25.5. The Labute approximate surface area is 258 Å². The number of nitrogens with one attached hydrogen (secondary N) is 1. The van der Waals surface area contributed by atoms with E-state index in [1.807, 2.05) is 62.6 Å². The van der Waals surface area contributed by atoms with Gasteiger partial charge in [0.2, 0.25) is 0 Å². The van der Waals surface area contributed by atoms with Crippen LogP contribution in [0.2, 0.25) is 5.02 Å². The van der Waals surface area contributed by atoms with E-state index in [4.69, 9.17) is 30.5 Å². The van der Waals surface area contributed by atoms with Crippen molar-refractivity contribution in [2.75, 3.05) is 40.4 Å². The lowest BCUT2D eigenvalue weighted by atomic mass is 9.96. The van der Waals surface area contributed by atoms with E-state index in [2.05, 4.69) is 41.4 Å². The summed E-state index contributed by atoms with van der Waals surface area (Å²) in [4.78, 5) is 2.13. The highest BCUT2D eigenvalue weighted by atomic mass is 35.5. The zero-order chi connectivity index (χ0) is 30.2. The number of benzene rings is 4. The molecule has 0 unspecified atom stereocenters. The molecular weight excluding hydrogens is 562 g/mol. The molecule has 1 N–H and O–H groups in total. The Morgan fingerprint density at radius 3 is 2.49 bits per heavy atom. The predicted molar refractivity (Wildman–Crippen MR) is 169 cm³/mol. The van der Waals surface area contributed by atoms with Gasteiger partial charge in [0, 0.05) is 31.3 Å². The van der Waals surface area contributed by atoms with Crippen LogP contribution in [0.5, 0.6) is 23.0 Å². The van der Waals surface area contributed by atoms with Gasteiger partial charge in [-0.1, -0.05) is 48.0 Å². The summed E-state index contributed by atoms with van der Waals surface area (Å²) in [6.45, 7) is 6.20. The van der Waals surface area contributed by atoms with Crippen LogP contribution in [-0.2, 0) is 19.8 Å². The quantitative estimate of drug-likeness (QED) is 0.181. The molecule has 5 rings (SSSR count). The maximum Gasteiger partial charge on any atom is 0.161 e. The molecule has 0 radical (unpaired) electrons. The Morgan fingerprint density at radius 2 is 1.67 bits per heavy atom. The fraction of sp³-hybridized carbons (Fsp3) is 0.286. The highest BCUT2D eigenvalue weighted by Crippen LogP contribution is 2.37. The van der Waals surface area contributed by atoms with Gasteiger partial charge in [0.15, 0.2) is 11.5 Å². The number of nitriles is 1. The molecule has 0 aliphatic carbocycles. The lowest BCUT2D eigenvalue weighted by molar-refractivity contribution is 0.171. The third-order valence-electron chi connectivity index (χ3n) is 7.30. The van der Waals surface area contributed by atoms with E-state index in [-0.39, 0.29) is 0 Å². The van der Waals surface area contributed by atoms with Gasteiger partial charge in [-0.25, -0.2) is 0 Å². The topological polar surface area (TPSA) is 76.0 Å². The van der Waals surface area contributed by atoms with Crippen molar-refractivity contribution in [1.82, 2.24) is 10.2 Å². The largest absolute Gasteiger partial charge is 0.488 e. The van der Waals surface area contributed by atoms with Gasteiger partial charge in [0.25, 0.3) is 0 Å². The van der Waals surface area contributed by atoms with Crippen LogP contribution in [-0.4, -0.2) is 45.3 Å². The molecule has 4 aromatic carbocycles. The van der Waals surface area contributed by atoms with E-state index >= 15 is 0 Å². The highest BCUT2D eigenvalue weighted by Gasteiger charge is 2.16. The second kappa shape index (κ2) is 14.3. The predicted octanol–water partition coefficient (Wildman–Crippen LogP) is 6.77. The molecule has 8 heteroatoms. The Morgan fingerprint density at radius 1 is 0.884 bits per heavy atom. The smallest absolute Gasteiger partial charge is 0.161 e. The molecule has 0 atom stereocenters. The van der Waals surface area contributed by atoms with E-state index in [9.17, 15) is 5.26 Å². The van der Waals surface area contributed by atoms with E-state index in [1.54, 1.807) is 6.07 Å². The highest BCUT2D eigenvalue weighted by molar-refractivity contribution is 6.32. The van der Waals surface area contributed by atoms with Gasteiger partial charge in [0.1, 0.15) is 37.9 Å². The van der Waals surface area contributed by atoms with Crippen molar-refractivity contribution in [2.24, 2.45) is 0 Å². The lowest BCUT2D eigenvalue weighted by Crippen LogP contribution is -2.26. The summed E-state index contributed by atoms with van der Waals surface area (Å²) in [7, 11) is 4.09. The van der Waals surface area contributed by atoms with Crippen LogP contribution in [0.4, 0.5) is 0 Å². The molecule has 43 heavy (non-hydrogen) atoms. The summed E-state index contributed by atoms with van der Waals surface area (Å²) in [6.07, 6.45) is 0. The van der Waals surface area contributed by atoms with Gasteiger partial charge in [0.05, 0.1) is 16.7 Å². The first-order chi connectivity index (χ1) is 20.9. The summed E-state index contributed by atoms with van der Waals surface area (Å²) in [6, 6.07) is 25.6. The molecule has 0 fully saturated rings. The number of likely N-dealkylation sites (N-methyl/N-ethyl adjacent to an activating group) is 1. The molecule has 4 aromatic rings. The van der Waals surface area contributed by atoms with Gasteiger partial charge in [-0.3, -0.25) is 0 Å². The molecule has 1 heterocycles. The maximum absolute atomic E-state index is 9.28. The average molecular weight is 598 g/mol. The van der Waals surface area contributed by atoms with E-state index in [1.165, 1.54) is 0 Å². The van der Waals surface area contributed by atoms with Crippen LogP contribution in [0.15, 0.2) is 72.8 Å². The number of fused-ring (bicyclic) bond motifs is 1. The summed E-state index contributed by atoms with van der Waals surface area (Å²) in [5, 5.41) is 13.3. The summed E-state index contributed by atoms with van der Waals surface area (Å²) in [5.74, 6) is 2.76. The third kappa shape index (κ3) is 7.79. The first-order valence-corrected chi connectivity index (χ1v) is 14.7. The van der Waals surface area contributed by atoms with Crippen molar-refractivity contribution in [3.63, 3.8) is 0 Å². The van der Waals surface area contributed by atoms with Crippen molar-refractivity contribution in [3.8, 4) is 40.2 Å². The minimum absolute atomic E-state index is 0.317. The van der Waals surface area contributed by atoms with Gasteiger partial charge in [-0.15, -0.1) is 0 Å². The fourth-order valence-corrected chi connectivity index (χ4v) is 5.14. The van der Waals surface area contributed by atoms with Gasteiger partial charge < -0.3 is 29.2 Å². The van der Waals surface area contributed by atoms with Crippen molar-refractivity contribution in [1.29, 1.82) is 5.26 Å². The molecule has 0 saturated carbocycles. The van der Waals surface area contributed by atoms with Crippen LogP contribution in [0.25, 0.3) is 11.1 Å². The standard InChI is InChI=1S/C35H36ClN3O4/c1-24-28(8-5-9-30(24)27-10-11-32-35(18-27)41-15-14-40-32)23-43-34-19-33(42-22-26-7-4-6-25(16-26)20-37)29(17-31(34)36)21-38-12-13-39(2)3/h4-11,16-19,38H,12-15,21-23H2,1-3H3. The molecule has 222 valence electrons. The number of hydrogen-bond donors (Lipinski definition) is 1. The third-order valence-corrected chi connectivity index (χ3v) is 7.59. The second-order valence-electron chi connectivity index (χ2n) is 10.7. The van der Waals surface area contributed by atoms with Gasteiger partial charge >= 0.3 is 0 Å². The molecule has 0 spiro atoms. The Bertz CT molecular complexity index is 1620. The van der Waals surface area contributed by atoms with E-state index in [0.717, 1.165) is 58.0 Å². The molecular formula is C35H36ClN3O4. The maximum atomic E-state index is 9.28. The number of ether oxygens (including phenoxy) is 4. The van der Waals surface area contributed by atoms with Crippen LogP contribution >= 0.6 is 11.6 Å². The number of halogens is 1. The number of hydrogen-bond acceptors (Lipinski definition) is 7. The summed E-state index contributed by atoms with van der Waals surface area (Å²) < 4.78 is 24.1. The van der Waals surface area contributed by atoms with Crippen LogP contribution in [0, 0.1) is 18.3 Å². The first kappa shape index (κ1) is 30.2. The molecule has 0 bridgehead atoms. The van der Waals surface area contributed by atoms with Gasteiger partial charge in [-0.2, -0.15) is 5.26 Å². The van der Waals surface area contributed by atoms with Crippen LogP contribution in [0.1, 0.15) is 27.8 Å². The zero-order valence-electron chi connectivity index (χ0n) is 24.8. The molecule has 7 nitrogen and oxygen atoms in total. The van der Waals surface area contributed by atoms with Gasteiger partial charge in [-0.05, 0) is 79.2 Å². The molecule has 0 aromatic heterocycles. The molecule has 0 amide bonds. The number of nitrogens with zero attached hydrogens (tertiary/aromatic N) is 2. The summed E-state index contributed by atoms with van der Waals surface area (Å²) in [5.41, 5.74) is 6.77. The SMILES string of the molecule is Cc1c(COc2cc(OCc3cccc(C#N)c3)c(CNCCN(C)C)cc2Cl)cccc1-c1ccc2c(c1)OCCO2. The minimum Gasteiger partial charge on any atom is -0.488 e. The number of rotatable bonds is 12. The molecule has 1 aliphatic rings. The van der Waals surface area contributed by atoms with Crippen molar-refractivity contribution in [2.45, 2.75) is 26.7 Å². The minimum atomic E-state index is 0.317. The first-order valence-electron chi connectivity index (χ1n) is 14.3. The molecule has 0 saturated heterocycles. The Balaban J connectivity index is 1.34. The van der Waals surface area contributed by atoms with E-state index < -0.39 is 0 Å². The average Bonchev–Trinajstić information content (AvgIpc) is 3.02. The lowest BCUT2D eigenvalue weighted by Gasteiger charge is -2.20. The normalized spacial score (nSPS) is 12.2. The monoisotopic (exact) mass is 597 g/mol. The second-order valence-corrected chi connectivity index (χ2v) is 11.1. The summed E-state index contributed by atoms with van der Waals surface area (Å²) >= 11 is 6.74. The Kier molecular flexibility index (Phi) is 10.1. The van der Waals surface area contributed by atoms with E-state index in [0.29, 0.717) is 55.1 Å². The fourth-order valence-electron chi connectivity index (χ4n) is 4.90. The van der Waals surface area contributed by atoms with Crippen molar-refractivity contribution < 1.29 is 18.9 Å². The van der Waals surface area contributed by atoms with Crippen molar-refractivity contribution in [3.05, 3.63) is 106 Å². The molecule has 1 aliphatic heterocycles. The van der Waals surface area contributed by atoms with Crippen LogP contribution in [0.3, 0.4) is 0 Å².